The van der Waals surface area contributed by atoms with Gasteiger partial charge in [0.2, 0.25) is 0 Å². The van der Waals surface area contributed by atoms with Crippen molar-refractivity contribution in [3.05, 3.63) is 35.9 Å². The van der Waals surface area contributed by atoms with E-state index in [-0.39, 0.29) is 0 Å². The summed E-state index contributed by atoms with van der Waals surface area (Å²) in [5.41, 5.74) is 0.645. The van der Waals surface area contributed by atoms with Crippen LogP contribution < -0.4 is 5.32 Å². The molecule has 2 atom stereocenters. The number of nitriles is 1. The Morgan fingerprint density at radius 3 is 2.53 bits per heavy atom. The lowest BCUT2D eigenvalue weighted by Crippen LogP contribution is -2.34. The molecule has 0 aromatic heterocycles. The summed E-state index contributed by atoms with van der Waals surface area (Å²) in [4.78, 5) is 11.0. The molecule has 78 valence electrons. The van der Waals surface area contributed by atoms with Crippen molar-refractivity contribution in [3.8, 4) is 6.07 Å². The van der Waals surface area contributed by atoms with Gasteiger partial charge in [0, 0.05) is 0 Å². The standard InChI is InChI=1S/C11H12N2O2/c1-8(7-12)13-10(11(14)15)9-5-3-2-4-6-9/h2-6,8,10,13H,1H3,(H,14,15). The number of nitrogens with zero attached hydrogens (tertiary/aromatic N) is 1. The van der Waals surface area contributed by atoms with E-state index < -0.39 is 18.1 Å². The Morgan fingerprint density at radius 2 is 2.07 bits per heavy atom. The van der Waals surface area contributed by atoms with Crippen molar-refractivity contribution in [3.63, 3.8) is 0 Å². The van der Waals surface area contributed by atoms with Crippen LogP contribution in [0.15, 0.2) is 30.3 Å². The number of rotatable bonds is 4. The number of aliphatic carboxylic acids is 1. The summed E-state index contributed by atoms with van der Waals surface area (Å²) in [6.45, 7) is 1.62. The Morgan fingerprint density at radius 1 is 1.47 bits per heavy atom. The van der Waals surface area contributed by atoms with Gasteiger partial charge < -0.3 is 5.11 Å². The lowest BCUT2D eigenvalue weighted by molar-refractivity contribution is -0.139. The molecule has 0 fully saturated rings. The predicted molar refractivity (Wildman–Crippen MR) is 55.0 cm³/mol. The maximum absolute atomic E-state index is 11.0. The third-order valence-electron chi connectivity index (χ3n) is 1.99. The van der Waals surface area contributed by atoms with Crippen molar-refractivity contribution in [2.75, 3.05) is 0 Å². The maximum atomic E-state index is 11.0. The van der Waals surface area contributed by atoms with Gasteiger partial charge in [-0.05, 0) is 12.5 Å². The summed E-state index contributed by atoms with van der Waals surface area (Å²) < 4.78 is 0. The smallest absolute Gasteiger partial charge is 0.325 e. The summed E-state index contributed by atoms with van der Waals surface area (Å²) in [7, 11) is 0. The third kappa shape index (κ3) is 3.08. The molecule has 15 heavy (non-hydrogen) atoms. The number of hydrogen-bond acceptors (Lipinski definition) is 3. The highest BCUT2D eigenvalue weighted by Crippen LogP contribution is 2.13. The highest BCUT2D eigenvalue weighted by Gasteiger charge is 2.20. The topological polar surface area (TPSA) is 73.1 Å². The molecule has 0 heterocycles. The first kappa shape index (κ1) is 11.2. The summed E-state index contributed by atoms with van der Waals surface area (Å²) in [6.07, 6.45) is 0. The van der Waals surface area contributed by atoms with Crippen LogP contribution in [-0.4, -0.2) is 17.1 Å². The molecule has 2 N–H and O–H groups in total. The Balaban J connectivity index is 2.85. The highest BCUT2D eigenvalue weighted by molar-refractivity contribution is 5.75. The largest absolute Gasteiger partial charge is 0.480 e. The zero-order valence-electron chi connectivity index (χ0n) is 8.34. The van der Waals surface area contributed by atoms with Crippen molar-refractivity contribution in [1.82, 2.24) is 5.32 Å². The fourth-order valence-electron chi connectivity index (χ4n) is 1.24. The van der Waals surface area contributed by atoms with E-state index in [1.807, 2.05) is 12.1 Å². The van der Waals surface area contributed by atoms with Crippen molar-refractivity contribution >= 4 is 5.97 Å². The Hall–Kier alpha value is -1.86. The average Bonchev–Trinajstić information content (AvgIpc) is 2.26. The molecule has 0 aliphatic heterocycles. The van der Waals surface area contributed by atoms with Crippen LogP contribution in [0.1, 0.15) is 18.5 Å². The number of nitrogens with one attached hydrogen (secondary N) is 1. The third-order valence-corrected chi connectivity index (χ3v) is 1.99. The molecule has 4 nitrogen and oxygen atoms in total. The van der Waals surface area contributed by atoms with Crippen molar-refractivity contribution in [2.45, 2.75) is 19.0 Å². The molecule has 1 aromatic rings. The van der Waals surface area contributed by atoms with E-state index in [2.05, 4.69) is 5.32 Å². The van der Waals surface area contributed by atoms with Gasteiger partial charge in [-0.3, -0.25) is 10.1 Å². The zero-order chi connectivity index (χ0) is 11.3. The molecule has 0 amide bonds. The summed E-state index contributed by atoms with van der Waals surface area (Å²) in [5, 5.41) is 20.3. The van der Waals surface area contributed by atoms with Gasteiger partial charge in [-0.25, -0.2) is 0 Å². The maximum Gasteiger partial charge on any atom is 0.325 e. The van der Waals surface area contributed by atoms with Gasteiger partial charge in [-0.2, -0.15) is 5.26 Å². The molecule has 0 saturated carbocycles. The van der Waals surface area contributed by atoms with Crippen LogP contribution in [-0.2, 0) is 4.79 Å². The second-order valence-electron chi connectivity index (χ2n) is 3.20. The minimum Gasteiger partial charge on any atom is -0.480 e. The van der Waals surface area contributed by atoms with Crippen LogP contribution in [0.2, 0.25) is 0 Å². The average molecular weight is 204 g/mol. The minimum atomic E-state index is -0.983. The van der Waals surface area contributed by atoms with Crippen LogP contribution in [0.5, 0.6) is 0 Å². The lowest BCUT2D eigenvalue weighted by Gasteiger charge is -2.15. The summed E-state index contributed by atoms with van der Waals surface area (Å²) in [6, 6.07) is 9.41. The fourth-order valence-corrected chi connectivity index (χ4v) is 1.24. The molecule has 0 bridgehead atoms. The van der Waals surface area contributed by atoms with E-state index in [9.17, 15) is 4.79 Å². The normalized spacial score (nSPS) is 13.9. The van der Waals surface area contributed by atoms with Gasteiger partial charge in [-0.1, -0.05) is 30.3 Å². The first-order valence-corrected chi connectivity index (χ1v) is 4.58. The quantitative estimate of drug-likeness (QED) is 0.775. The molecule has 0 aliphatic carbocycles. The highest BCUT2D eigenvalue weighted by atomic mass is 16.4. The van der Waals surface area contributed by atoms with E-state index in [0.717, 1.165) is 0 Å². The van der Waals surface area contributed by atoms with Gasteiger partial charge >= 0.3 is 5.97 Å². The zero-order valence-corrected chi connectivity index (χ0v) is 8.34. The van der Waals surface area contributed by atoms with Gasteiger partial charge in [0.25, 0.3) is 0 Å². The molecule has 0 radical (unpaired) electrons. The molecule has 1 aromatic carbocycles. The second kappa shape index (κ2) is 5.13. The molecular formula is C11H12N2O2. The first-order valence-electron chi connectivity index (χ1n) is 4.58. The molecule has 0 spiro atoms. The molecule has 0 saturated heterocycles. The number of carbonyl (C=O) groups is 1. The van der Waals surface area contributed by atoms with Crippen LogP contribution in [0.4, 0.5) is 0 Å². The van der Waals surface area contributed by atoms with E-state index >= 15 is 0 Å². The Bertz CT molecular complexity index is 370. The fraction of sp³-hybridized carbons (Fsp3) is 0.273. The van der Waals surface area contributed by atoms with Crippen molar-refractivity contribution < 1.29 is 9.90 Å². The molecule has 4 heteroatoms. The van der Waals surface area contributed by atoms with Crippen LogP contribution in [0.3, 0.4) is 0 Å². The number of carboxylic acid groups (broad SMARTS) is 1. The van der Waals surface area contributed by atoms with Crippen LogP contribution in [0, 0.1) is 11.3 Å². The SMILES string of the molecule is CC(C#N)NC(C(=O)O)c1ccccc1. The van der Waals surface area contributed by atoms with Gasteiger partial charge in [0.15, 0.2) is 0 Å². The molecular weight excluding hydrogens is 192 g/mol. The van der Waals surface area contributed by atoms with Gasteiger partial charge in [0.1, 0.15) is 6.04 Å². The van der Waals surface area contributed by atoms with E-state index in [0.29, 0.717) is 5.56 Å². The van der Waals surface area contributed by atoms with Crippen molar-refractivity contribution in [2.24, 2.45) is 0 Å². The summed E-state index contributed by atoms with van der Waals surface area (Å²) >= 11 is 0. The van der Waals surface area contributed by atoms with Crippen molar-refractivity contribution in [1.29, 1.82) is 5.26 Å². The van der Waals surface area contributed by atoms with E-state index in [1.54, 1.807) is 31.2 Å². The molecule has 0 aliphatic rings. The predicted octanol–water partition coefficient (Wildman–Crippen LogP) is 1.31. The van der Waals surface area contributed by atoms with Crippen LogP contribution >= 0.6 is 0 Å². The number of hydrogen-bond donors (Lipinski definition) is 2. The molecule has 2 unspecified atom stereocenters. The Labute approximate surface area is 88.2 Å². The number of benzene rings is 1. The molecule has 1 rings (SSSR count). The van der Waals surface area contributed by atoms with E-state index in [1.165, 1.54) is 0 Å². The lowest BCUT2D eigenvalue weighted by atomic mass is 10.1. The first-order chi connectivity index (χ1) is 7.15. The van der Waals surface area contributed by atoms with Crippen LogP contribution in [0.25, 0.3) is 0 Å². The summed E-state index contributed by atoms with van der Waals surface area (Å²) in [5.74, 6) is -0.983. The number of carboxylic acids is 1. The Kier molecular flexibility index (Phi) is 3.83. The minimum absolute atomic E-state index is 0.494. The second-order valence-corrected chi connectivity index (χ2v) is 3.20. The van der Waals surface area contributed by atoms with E-state index in [4.69, 9.17) is 10.4 Å². The van der Waals surface area contributed by atoms with Gasteiger partial charge in [-0.15, -0.1) is 0 Å². The monoisotopic (exact) mass is 204 g/mol. The van der Waals surface area contributed by atoms with Gasteiger partial charge in [0.05, 0.1) is 12.1 Å².